The Morgan fingerprint density at radius 2 is 2.29 bits per heavy atom. The average molecular weight is 248 g/mol. The van der Waals surface area contributed by atoms with E-state index in [2.05, 4.69) is 29.1 Å². The predicted molar refractivity (Wildman–Crippen MR) is 75.0 cm³/mol. The number of nitrogens with two attached hydrogens (primary N) is 1. The molecule has 0 spiro atoms. The van der Waals surface area contributed by atoms with Gasteiger partial charge in [-0.05, 0) is 36.3 Å². The maximum atomic E-state index is 5.43. The van der Waals surface area contributed by atoms with Crippen molar-refractivity contribution in [3.63, 3.8) is 0 Å². The molecule has 1 aromatic carbocycles. The topological polar surface area (TPSA) is 66.7 Å². The second-order valence-corrected chi connectivity index (χ2v) is 4.94. The van der Waals surface area contributed by atoms with E-state index in [9.17, 15) is 0 Å². The molecule has 4 N–H and O–H groups in total. The van der Waals surface area contributed by atoms with Gasteiger partial charge in [-0.15, -0.1) is 0 Å². The van der Waals surface area contributed by atoms with Gasteiger partial charge < -0.3 is 16.0 Å². The number of benzene rings is 1. The number of rotatable bonds is 3. The first-order chi connectivity index (χ1) is 8.04. The second kappa shape index (κ2) is 4.71. The third-order valence-corrected chi connectivity index (χ3v) is 2.50. The number of thiocarbonyl (C=S) groups is 1. The van der Waals surface area contributed by atoms with E-state index in [-0.39, 0.29) is 5.11 Å². The van der Waals surface area contributed by atoms with Crippen LogP contribution >= 0.6 is 12.2 Å². The highest BCUT2D eigenvalue weighted by Gasteiger charge is 2.05. The van der Waals surface area contributed by atoms with Gasteiger partial charge >= 0.3 is 0 Å². The molecule has 0 aliphatic rings. The molecule has 4 nitrogen and oxygen atoms in total. The fraction of sp³-hybridized carbons (Fsp3) is 0.333. The lowest BCUT2D eigenvalue weighted by Crippen LogP contribution is -2.18. The SMILES string of the molecule is CC(C)Cc1nc2ccc(NC(N)=S)cc2[nH]1. The van der Waals surface area contributed by atoms with Crippen LogP contribution in [0.15, 0.2) is 18.2 Å². The monoisotopic (exact) mass is 248 g/mol. The molecule has 0 bridgehead atoms. The summed E-state index contributed by atoms with van der Waals surface area (Å²) in [6, 6.07) is 5.84. The molecule has 0 aliphatic carbocycles. The van der Waals surface area contributed by atoms with Crippen LogP contribution in [-0.2, 0) is 6.42 Å². The van der Waals surface area contributed by atoms with E-state index in [1.165, 1.54) is 0 Å². The van der Waals surface area contributed by atoms with Crippen molar-refractivity contribution in [2.75, 3.05) is 5.32 Å². The molecule has 0 unspecified atom stereocenters. The molecule has 90 valence electrons. The van der Waals surface area contributed by atoms with E-state index in [1.807, 2.05) is 18.2 Å². The van der Waals surface area contributed by atoms with Gasteiger partial charge in [0.05, 0.1) is 11.0 Å². The second-order valence-electron chi connectivity index (χ2n) is 4.50. The number of nitrogens with zero attached hydrogens (tertiary/aromatic N) is 1. The first kappa shape index (κ1) is 11.9. The highest BCUT2D eigenvalue weighted by atomic mass is 32.1. The minimum atomic E-state index is 0.270. The van der Waals surface area contributed by atoms with E-state index in [0.29, 0.717) is 5.92 Å². The van der Waals surface area contributed by atoms with Crippen molar-refractivity contribution in [3.8, 4) is 0 Å². The number of hydrogen-bond acceptors (Lipinski definition) is 2. The van der Waals surface area contributed by atoms with Crippen LogP contribution in [0.25, 0.3) is 11.0 Å². The molecule has 2 rings (SSSR count). The van der Waals surface area contributed by atoms with Gasteiger partial charge in [0.2, 0.25) is 0 Å². The van der Waals surface area contributed by atoms with Crippen LogP contribution in [0.4, 0.5) is 5.69 Å². The van der Waals surface area contributed by atoms with Crippen LogP contribution in [0.5, 0.6) is 0 Å². The lowest BCUT2D eigenvalue weighted by atomic mass is 10.1. The number of imidazole rings is 1. The Bertz CT molecular complexity index is 544. The van der Waals surface area contributed by atoms with Crippen LogP contribution in [0.3, 0.4) is 0 Å². The summed E-state index contributed by atoms with van der Waals surface area (Å²) in [5, 5.41) is 3.18. The maximum absolute atomic E-state index is 5.43. The molecule has 2 aromatic rings. The third-order valence-electron chi connectivity index (χ3n) is 2.40. The Morgan fingerprint density at radius 3 is 2.94 bits per heavy atom. The van der Waals surface area contributed by atoms with Crippen molar-refractivity contribution in [1.29, 1.82) is 0 Å². The van der Waals surface area contributed by atoms with E-state index in [1.54, 1.807) is 0 Å². The van der Waals surface area contributed by atoms with Gasteiger partial charge in [-0.3, -0.25) is 0 Å². The Kier molecular flexibility index (Phi) is 3.28. The van der Waals surface area contributed by atoms with E-state index in [0.717, 1.165) is 29.0 Å². The first-order valence-corrected chi connectivity index (χ1v) is 6.00. The van der Waals surface area contributed by atoms with Gasteiger partial charge in [0.15, 0.2) is 5.11 Å². The van der Waals surface area contributed by atoms with E-state index < -0.39 is 0 Å². The summed E-state index contributed by atoms with van der Waals surface area (Å²) >= 11 is 4.80. The van der Waals surface area contributed by atoms with Crippen molar-refractivity contribution >= 4 is 34.1 Å². The molecule has 0 radical (unpaired) electrons. The lowest BCUT2D eigenvalue weighted by Gasteiger charge is -2.02. The lowest BCUT2D eigenvalue weighted by molar-refractivity contribution is 0.627. The summed E-state index contributed by atoms with van der Waals surface area (Å²) in [5.41, 5.74) is 8.28. The standard InChI is InChI=1S/C12H16N4S/c1-7(2)5-11-15-9-4-3-8(14-12(13)17)6-10(9)16-11/h3-4,6-7H,5H2,1-2H3,(H,15,16)(H3,13,14,17). The van der Waals surface area contributed by atoms with Crippen molar-refractivity contribution in [2.24, 2.45) is 11.7 Å². The summed E-state index contributed by atoms with van der Waals surface area (Å²) in [5.74, 6) is 1.60. The first-order valence-electron chi connectivity index (χ1n) is 5.59. The molecule has 0 aliphatic heterocycles. The summed E-state index contributed by atoms with van der Waals surface area (Å²) < 4.78 is 0. The number of H-pyrrole nitrogens is 1. The fourth-order valence-electron chi connectivity index (χ4n) is 1.77. The van der Waals surface area contributed by atoms with Crippen molar-refractivity contribution < 1.29 is 0 Å². The number of aromatic nitrogens is 2. The van der Waals surface area contributed by atoms with Crippen LogP contribution < -0.4 is 11.1 Å². The molecule has 0 saturated carbocycles. The zero-order valence-electron chi connectivity index (χ0n) is 9.95. The highest BCUT2D eigenvalue weighted by molar-refractivity contribution is 7.80. The summed E-state index contributed by atoms with van der Waals surface area (Å²) in [6.45, 7) is 4.35. The van der Waals surface area contributed by atoms with Crippen LogP contribution in [0.2, 0.25) is 0 Å². The molecule has 0 amide bonds. The number of nitrogens with one attached hydrogen (secondary N) is 2. The minimum Gasteiger partial charge on any atom is -0.376 e. The molecule has 0 saturated heterocycles. The van der Waals surface area contributed by atoms with Gasteiger partial charge in [-0.25, -0.2) is 4.98 Å². The largest absolute Gasteiger partial charge is 0.376 e. The number of aromatic amines is 1. The summed E-state index contributed by atoms with van der Waals surface area (Å²) in [4.78, 5) is 7.83. The summed E-state index contributed by atoms with van der Waals surface area (Å²) in [6.07, 6.45) is 0.951. The highest BCUT2D eigenvalue weighted by Crippen LogP contribution is 2.18. The fourth-order valence-corrected chi connectivity index (χ4v) is 1.88. The van der Waals surface area contributed by atoms with Gasteiger partial charge in [0.1, 0.15) is 5.82 Å². The predicted octanol–water partition coefficient (Wildman–Crippen LogP) is 2.42. The smallest absolute Gasteiger partial charge is 0.168 e. The van der Waals surface area contributed by atoms with Crippen LogP contribution in [0.1, 0.15) is 19.7 Å². The molecule has 5 heteroatoms. The zero-order valence-corrected chi connectivity index (χ0v) is 10.8. The minimum absolute atomic E-state index is 0.270. The number of hydrogen-bond donors (Lipinski definition) is 3. The Hall–Kier alpha value is -1.62. The Balaban J connectivity index is 2.30. The summed E-state index contributed by atoms with van der Waals surface area (Å²) in [7, 11) is 0. The normalized spacial score (nSPS) is 11.0. The van der Waals surface area contributed by atoms with Gasteiger partial charge in [0, 0.05) is 12.1 Å². The Labute approximate surface area is 106 Å². The molecule has 1 aromatic heterocycles. The van der Waals surface area contributed by atoms with Gasteiger partial charge in [-0.1, -0.05) is 13.8 Å². The average Bonchev–Trinajstić information content (AvgIpc) is 2.56. The van der Waals surface area contributed by atoms with Crippen molar-refractivity contribution in [2.45, 2.75) is 20.3 Å². The van der Waals surface area contributed by atoms with E-state index >= 15 is 0 Å². The third kappa shape index (κ3) is 2.94. The quantitative estimate of drug-likeness (QED) is 0.730. The molecule has 17 heavy (non-hydrogen) atoms. The van der Waals surface area contributed by atoms with E-state index in [4.69, 9.17) is 18.0 Å². The number of fused-ring (bicyclic) bond motifs is 1. The Morgan fingerprint density at radius 1 is 1.53 bits per heavy atom. The van der Waals surface area contributed by atoms with Crippen LogP contribution in [0, 0.1) is 5.92 Å². The number of anilines is 1. The zero-order chi connectivity index (χ0) is 12.4. The molecule has 1 heterocycles. The maximum Gasteiger partial charge on any atom is 0.168 e. The van der Waals surface area contributed by atoms with Gasteiger partial charge in [-0.2, -0.15) is 0 Å². The molecule has 0 atom stereocenters. The molecular weight excluding hydrogens is 232 g/mol. The molecule has 0 fully saturated rings. The van der Waals surface area contributed by atoms with Crippen molar-refractivity contribution in [3.05, 3.63) is 24.0 Å². The van der Waals surface area contributed by atoms with Crippen molar-refractivity contribution in [1.82, 2.24) is 9.97 Å². The van der Waals surface area contributed by atoms with Gasteiger partial charge in [0.25, 0.3) is 0 Å². The molecular formula is C12H16N4S. The van der Waals surface area contributed by atoms with Crippen LogP contribution in [-0.4, -0.2) is 15.1 Å².